The summed E-state index contributed by atoms with van der Waals surface area (Å²) in [6.45, 7) is 1.76. The van der Waals surface area contributed by atoms with Crippen LogP contribution in [0.2, 0.25) is 5.02 Å². The van der Waals surface area contributed by atoms with E-state index in [1.54, 1.807) is 19.1 Å². The molecule has 174 valence electrons. The molecule has 0 spiro atoms. The Balaban J connectivity index is 1.54. The largest absolute Gasteiger partial charge is 0.345 e. The minimum atomic E-state index is -4.13. The Morgan fingerprint density at radius 2 is 1.97 bits per heavy atom. The van der Waals surface area contributed by atoms with E-state index in [9.17, 15) is 17.6 Å². The van der Waals surface area contributed by atoms with E-state index >= 15 is 4.39 Å². The molecule has 11 heteroatoms. The second kappa shape index (κ2) is 8.37. The third kappa shape index (κ3) is 3.75. The number of aromatic nitrogens is 2. The number of hydrogen-bond acceptors (Lipinski definition) is 5. The number of thioether (sulfide) groups is 1. The molecule has 2 unspecified atom stereocenters. The average Bonchev–Trinajstić information content (AvgIpc) is 3.35. The maximum absolute atomic E-state index is 15.4. The van der Waals surface area contributed by atoms with Crippen LogP contribution in [0.5, 0.6) is 0 Å². The van der Waals surface area contributed by atoms with Crippen molar-refractivity contribution in [2.75, 3.05) is 4.72 Å². The van der Waals surface area contributed by atoms with E-state index in [-0.39, 0.29) is 21.2 Å². The Morgan fingerprint density at radius 3 is 2.76 bits per heavy atom. The van der Waals surface area contributed by atoms with Gasteiger partial charge in [-0.25, -0.2) is 22.2 Å². The third-order valence-electron chi connectivity index (χ3n) is 5.61. The number of hydrogen-bond donors (Lipinski definition) is 2. The summed E-state index contributed by atoms with van der Waals surface area (Å²) < 4.78 is 58.8. The molecule has 2 aromatic heterocycles. The molecule has 34 heavy (non-hydrogen) atoms. The summed E-state index contributed by atoms with van der Waals surface area (Å²) in [7, 11) is -4.13. The average molecular weight is 520 g/mol. The molecule has 2 N–H and O–H groups in total. The van der Waals surface area contributed by atoms with E-state index in [1.807, 2.05) is 12.1 Å². The van der Waals surface area contributed by atoms with E-state index in [4.69, 9.17) is 11.6 Å². The molecule has 2 atom stereocenters. The van der Waals surface area contributed by atoms with Crippen LogP contribution in [-0.2, 0) is 10.0 Å². The molecule has 0 amide bonds. The Morgan fingerprint density at radius 1 is 1.21 bits per heavy atom. The van der Waals surface area contributed by atoms with E-state index in [1.165, 1.54) is 30.2 Å². The van der Waals surface area contributed by atoms with Gasteiger partial charge in [0.15, 0.2) is 5.82 Å². The zero-order valence-corrected chi connectivity index (χ0v) is 19.9. The summed E-state index contributed by atoms with van der Waals surface area (Å²) >= 11 is 7.36. The highest BCUT2D eigenvalue weighted by atomic mass is 35.5. The van der Waals surface area contributed by atoms with Crippen LogP contribution in [0.15, 0.2) is 59.8 Å². The van der Waals surface area contributed by atoms with Crippen LogP contribution in [0.3, 0.4) is 0 Å². The lowest BCUT2D eigenvalue weighted by molar-refractivity contribution is 0.103. The summed E-state index contributed by atoms with van der Waals surface area (Å²) in [4.78, 5) is 20.7. The third-order valence-corrected chi connectivity index (χ3v) is 9.10. The predicted molar refractivity (Wildman–Crippen MR) is 128 cm³/mol. The first-order valence-electron chi connectivity index (χ1n) is 10.1. The normalized spacial score (nSPS) is 17.6. The van der Waals surface area contributed by atoms with Gasteiger partial charge in [-0.2, -0.15) is 0 Å². The lowest BCUT2D eigenvalue weighted by Crippen LogP contribution is -2.26. The molecule has 5 rings (SSSR count). The number of nitrogens with zero attached hydrogens (tertiary/aromatic N) is 1. The lowest BCUT2D eigenvalue weighted by Gasteiger charge is -2.19. The number of fused-ring (bicyclic) bond motifs is 2. The topological polar surface area (TPSA) is 91.9 Å². The van der Waals surface area contributed by atoms with Gasteiger partial charge in [-0.15, -0.1) is 11.8 Å². The molecular weight excluding hydrogens is 504 g/mol. The zero-order valence-electron chi connectivity index (χ0n) is 17.5. The smallest absolute Gasteiger partial charge is 0.241 e. The molecule has 3 heterocycles. The first-order valence-corrected chi connectivity index (χ1v) is 12.9. The molecule has 6 nitrogen and oxygen atoms in total. The Hall–Kier alpha value is -2.95. The monoisotopic (exact) mass is 519 g/mol. The predicted octanol–water partition coefficient (Wildman–Crippen LogP) is 5.70. The maximum Gasteiger partial charge on any atom is 0.241 e. The number of H-pyrrole nitrogens is 1. The molecule has 0 saturated heterocycles. The first-order chi connectivity index (χ1) is 16.2. The van der Waals surface area contributed by atoms with Gasteiger partial charge in [-0.05, 0) is 29.8 Å². The maximum atomic E-state index is 15.4. The molecule has 0 aliphatic carbocycles. The van der Waals surface area contributed by atoms with Crippen molar-refractivity contribution in [1.82, 2.24) is 9.97 Å². The van der Waals surface area contributed by atoms with Crippen molar-refractivity contribution in [3.05, 3.63) is 88.2 Å². The minimum Gasteiger partial charge on any atom is -0.345 e. The standard InChI is InChI=1S/C23H16ClF2N3O3S2/c1-11-22(13-4-2-3-5-18(13)33-11)34(31,32)29-17-7-6-16(25)19(20(17)26)21(30)15-10-28-23-14(15)8-12(24)9-27-23/h2-11,22,29H,1H3,(H,27,28). The highest BCUT2D eigenvalue weighted by molar-refractivity contribution is 8.02. The fourth-order valence-corrected chi connectivity index (χ4v) is 7.75. The summed E-state index contributed by atoms with van der Waals surface area (Å²) in [5.74, 6) is -3.39. The van der Waals surface area contributed by atoms with Crippen molar-refractivity contribution < 1.29 is 22.0 Å². The van der Waals surface area contributed by atoms with Crippen molar-refractivity contribution in [2.24, 2.45) is 0 Å². The van der Waals surface area contributed by atoms with E-state index in [2.05, 4.69) is 14.7 Å². The quantitative estimate of drug-likeness (QED) is 0.330. The first kappa shape index (κ1) is 22.8. The number of sulfonamides is 1. The number of ketones is 1. The summed E-state index contributed by atoms with van der Waals surface area (Å²) in [6, 6.07) is 10.3. The minimum absolute atomic E-state index is 0.0439. The van der Waals surface area contributed by atoms with Crippen LogP contribution in [-0.4, -0.2) is 29.4 Å². The Bertz CT molecular complexity index is 1570. The number of rotatable bonds is 5. The van der Waals surface area contributed by atoms with Gasteiger partial charge in [0.25, 0.3) is 0 Å². The van der Waals surface area contributed by atoms with Crippen molar-refractivity contribution in [2.45, 2.75) is 22.3 Å². The van der Waals surface area contributed by atoms with Crippen molar-refractivity contribution in [3.63, 3.8) is 0 Å². The second-order valence-electron chi connectivity index (χ2n) is 7.79. The van der Waals surface area contributed by atoms with Gasteiger partial charge in [0.1, 0.15) is 16.7 Å². The van der Waals surface area contributed by atoms with Crippen LogP contribution < -0.4 is 4.72 Å². The van der Waals surface area contributed by atoms with E-state index < -0.39 is 43.9 Å². The van der Waals surface area contributed by atoms with Crippen LogP contribution >= 0.6 is 23.4 Å². The van der Waals surface area contributed by atoms with Crippen LogP contribution in [0.1, 0.15) is 33.7 Å². The number of aromatic amines is 1. The SMILES string of the molecule is CC1Sc2ccccc2C1S(=O)(=O)Nc1ccc(F)c(C(=O)c2c[nH]c3ncc(Cl)cc23)c1F. The van der Waals surface area contributed by atoms with Gasteiger partial charge < -0.3 is 4.98 Å². The Labute approximate surface area is 202 Å². The number of halogens is 3. The molecule has 1 aliphatic rings. The summed E-state index contributed by atoms with van der Waals surface area (Å²) in [5.41, 5.74) is -0.512. The van der Waals surface area contributed by atoms with Crippen LogP contribution in [0, 0.1) is 11.6 Å². The molecule has 0 saturated carbocycles. The zero-order chi connectivity index (χ0) is 24.2. The van der Waals surface area contributed by atoms with E-state index in [0.29, 0.717) is 11.2 Å². The van der Waals surface area contributed by atoms with Gasteiger partial charge in [0.05, 0.1) is 16.3 Å². The number of nitrogens with one attached hydrogen (secondary N) is 2. The van der Waals surface area contributed by atoms with Gasteiger partial charge >= 0.3 is 0 Å². The number of benzene rings is 2. The Kier molecular flexibility index (Phi) is 5.62. The molecule has 1 aliphatic heterocycles. The molecule has 0 radical (unpaired) electrons. The van der Waals surface area contributed by atoms with Gasteiger partial charge in [0, 0.05) is 33.5 Å². The number of carbonyl (C=O) groups excluding carboxylic acids is 1. The van der Waals surface area contributed by atoms with Crippen molar-refractivity contribution in [3.8, 4) is 0 Å². The van der Waals surface area contributed by atoms with Gasteiger partial charge in [0.2, 0.25) is 15.8 Å². The second-order valence-corrected chi connectivity index (χ2v) is 11.5. The fourth-order valence-electron chi connectivity index (χ4n) is 4.11. The number of pyridine rings is 1. The van der Waals surface area contributed by atoms with Gasteiger partial charge in [-0.3, -0.25) is 9.52 Å². The molecule has 4 aromatic rings. The van der Waals surface area contributed by atoms with Crippen LogP contribution in [0.4, 0.5) is 14.5 Å². The fraction of sp³-hybridized carbons (Fsp3) is 0.130. The molecule has 2 aromatic carbocycles. The molecular formula is C23H16ClF2N3O3S2. The molecule has 0 bridgehead atoms. The molecule has 0 fully saturated rings. The number of anilines is 1. The van der Waals surface area contributed by atoms with Gasteiger partial charge in [-0.1, -0.05) is 36.7 Å². The summed E-state index contributed by atoms with van der Waals surface area (Å²) in [6.07, 6.45) is 2.64. The highest BCUT2D eigenvalue weighted by Gasteiger charge is 2.40. The highest BCUT2D eigenvalue weighted by Crippen LogP contribution is 2.48. The van der Waals surface area contributed by atoms with Crippen LogP contribution in [0.25, 0.3) is 11.0 Å². The summed E-state index contributed by atoms with van der Waals surface area (Å²) in [5, 5.41) is -0.745. The number of carbonyl (C=O) groups is 1. The van der Waals surface area contributed by atoms with Crippen molar-refractivity contribution >= 4 is 55.9 Å². The van der Waals surface area contributed by atoms with E-state index in [0.717, 1.165) is 17.0 Å². The lowest BCUT2D eigenvalue weighted by atomic mass is 10.0. The van der Waals surface area contributed by atoms with Crippen molar-refractivity contribution in [1.29, 1.82) is 0 Å².